The first kappa shape index (κ1) is 15.0. The van der Waals surface area contributed by atoms with Crippen LogP contribution in [-0.2, 0) is 16.0 Å². The van der Waals surface area contributed by atoms with Crippen molar-refractivity contribution >= 4 is 5.97 Å². The lowest BCUT2D eigenvalue weighted by molar-refractivity contribution is -0.145. The Kier molecular flexibility index (Phi) is 4.57. The lowest BCUT2D eigenvalue weighted by atomic mass is 9.97. The number of aromatic amines is 1. The van der Waals surface area contributed by atoms with Crippen molar-refractivity contribution in [1.29, 1.82) is 0 Å². The maximum absolute atomic E-state index is 11.7. The largest absolute Gasteiger partial charge is 0.469 e. The lowest BCUT2D eigenvalue weighted by Gasteiger charge is -2.12. The average molecular weight is 289 g/mol. The molecule has 6 nitrogen and oxygen atoms in total. The molecule has 112 valence electrons. The topological polar surface area (TPSA) is 77.0 Å². The van der Waals surface area contributed by atoms with Crippen LogP contribution in [0.15, 0.2) is 29.1 Å². The van der Waals surface area contributed by atoms with Crippen molar-refractivity contribution in [1.82, 2.24) is 14.8 Å². The summed E-state index contributed by atoms with van der Waals surface area (Å²) in [5.41, 5.74) is 1.52. The van der Waals surface area contributed by atoms with Gasteiger partial charge in [-0.3, -0.25) is 4.79 Å². The summed E-state index contributed by atoms with van der Waals surface area (Å²) in [6, 6.07) is 7.53. The molecule has 0 fully saturated rings. The number of hydrogen-bond donors (Lipinski definition) is 1. The van der Waals surface area contributed by atoms with Gasteiger partial charge in [0.25, 0.3) is 0 Å². The minimum atomic E-state index is -0.263. The number of carbonyl (C=O) groups excluding carboxylic acids is 1. The van der Waals surface area contributed by atoms with Crippen LogP contribution in [0.3, 0.4) is 0 Å². The van der Waals surface area contributed by atoms with E-state index < -0.39 is 0 Å². The van der Waals surface area contributed by atoms with E-state index in [0.717, 1.165) is 17.7 Å². The first-order valence-electron chi connectivity index (χ1n) is 6.88. The Morgan fingerprint density at radius 2 is 2.05 bits per heavy atom. The van der Waals surface area contributed by atoms with Crippen molar-refractivity contribution in [2.24, 2.45) is 5.92 Å². The molecule has 1 heterocycles. The van der Waals surface area contributed by atoms with Gasteiger partial charge in [-0.05, 0) is 37.5 Å². The van der Waals surface area contributed by atoms with Crippen LogP contribution in [-0.4, -0.2) is 27.8 Å². The average Bonchev–Trinajstić information content (AvgIpc) is 2.84. The van der Waals surface area contributed by atoms with Crippen molar-refractivity contribution in [3.63, 3.8) is 0 Å². The number of aromatic nitrogens is 3. The fourth-order valence-corrected chi connectivity index (χ4v) is 2.31. The molecule has 2 aromatic rings. The summed E-state index contributed by atoms with van der Waals surface area (Å²) in [6.45, 7) is 3.72. The zero-order chi connectivity index (χ0) is 15.4. The highest BCUT2D eigenvalue weighted by Gasteiger charge is 2.17. The Balaban J connectivity index is 2.20. The standard InChI is InChI=1S/C15H19N3O3/c1-4-12(14(19)21-3)9-11-5-7-13(8-6-11)18-10(2)16-17-15(18)20/h5-8,12H,4,9H2,1-3H3,(H,17,20). The first-order chi connectivity index (χ1) is 10.1. The van der Waals surface area contributed by atoms with E-state index >= 15 is 0 Å². The normalized spacial score (nSPS) is 12.1. The molecule has 0 spiro atoms. The van der Waals surface area contributed by atoms with E-state index in [-0.39, 0.29) is 17.6 Å². The van der Waals surface area contributed by atoms with Crippen LogP contribution in [0.4, 0.5) is 0 Å². The maximum Gasteiger partial charge on any atom is 0.347 e. The number of benzene rings is 1. The molecule has 0 bridgehead atoms. The Morgan fingerprint density at radius 3 is 2.52 bits per heavy atom. The summed E-state index contributed by atoms with van der Waals surface area (Å²) in [7, 11) is 1.40. The molecule has 1 atom stereocenters. The smallest absolute Gasteiger partial charge is 0.347 e. The highest BCUT2D eigenvalue weighted by atomic mass is 16.5. The molecule has 0 aliphatic heterocycles. The third kappa shape index (κ3) is 3.21. The highest BCUT2D eigenvalue weighted by molar-refractivity contribution is 5.72. The predicted octanol–water partition coefficient (Wildman–Crippen LogP) is 1.61. The molecule has 0 saturated carbocycles. The number of hydrogen-bond acceptors (Lipinski definition) is 4. The third-order valence-corrected chi connectivity index (χ3v) is 3.54. The zero-order valence-electron chi connectivity index (χ0n) is 12.4. The van der Waals surface area contributed by atoms with Gasteiger partial charge in [-0.2, -0.15) is 5.10 Å². The first-order valence-corrected chi connectivity index (χ1v) is 6.88. The SMILES string of the molecule is CCC(Cc1ccc(-n2c(C)n[nH]c2=O)cc1)C(=O)OC. The molecule has 0 aliphatic carbocycles. The van der Waals surface area contributed by atoms with Gasteiger partial charge < -0.3 is 4.74 Å². The van der Waals surface area contributed by atoms with Crippen LogP contribution in [0.25, 0.3) is 5.69 Å². The second-order valence-electron chi connectivity index (χ2n) is 4.91. The molecule has 21 heavy (non-hydrogen) atoms. The van der Waals surface area contributed by atoms with E-state index in [4.69, 9.17) is 4.74 Å². The Morgan fingerprint density at radius 1 is 1.38 bits per heavy atom. The van der Waals surface area contributed by atoms with Crippen molar-refractivity contribution in [2.45, 2.75) is 26.7 Å². The lowest BCUT2D eigenvalue weighted by Crippen LogP contribution is -2.18. The number of esters is 1. The van der Waals surface area contributed by atoms with Crippen molar-refractivity contribution < 1.29 is 9.53 Å². The van der Waals surface area contributed by atoms with Gasteiger partial charge in [-0.15, -0.1) is 0 Å². The van der Waals surface area contributed by atoms with E-state index in [0.29, 0.717) is 12.2 Å². The van der Waals surface area contributed by atoms with Crippen LogP contribution < -0.4 is 5.69 Å². The van der Waals surface area contributed by atoms with Crippen LogP contribution in [0, 0.1) is 12.8 Å². The molecule has 1 unspecified atom stereocenters. The van der Waals surface area contributed by atoms with E-state index in [2.05, 4.69) is 10.2 Å². The Bertz CT molecular complexity index is 670. The second kappa shape index (κ2) is 6.39. The number of nitrogens with zero attached hydrogens (tertiary/aromatic N) is 2. The molecular formula is C15H19N3O3. The third-order valence-electron chi connectivity index (χ3n) is 3.54. The molecule has 0 radical (unpaired) electrons. The molecule has 6 heteroatoms. The number of methoxy groups -OCH3 is 1. The van der Waals surface area contributed by atoms with Crippen LogP contribution in [0.1, 0.15) is 24.7 Å². The fourth-order valence-electron chi connectivity index (χ4n) is 2.31. The van der Waals surface area contributed by atoms with Gasteiger partial charge in [0.1, 0.15) is 5.82 Å². The van der Waals surface area contributed by atoms with Crippen LogP contribution in [0.2, 0.25) is 0 Å². The van der Waals surface area contributed by atoms with Crippen LogP contribution in [0.5, 0.6) is 0 Å². The van der Waals surface area contributed by atoms with Gasteiger partial charge >= 0.3 is 11.7 Å². The molecule has 0 saturated heterocycles. The summed E-state index contributed by atoms with van der Waals surface area (Å²) in [6.07, 6.45) is 1.36. The summed E-state index contributed by atoms with van der Waals surface area (Å²) in [5.74, 6) is 0.274. The van der Waals surface area contributed by atoms with Gasteiger partial charge in [-0.25, -0.2) is 14.5 Å². The van der Waals surface area contributed by atoms with Gasteiger partial charge in [0.2, 0.25) is 0 Å². The highest BCUT2D eigenvalue weighted by Crippen LogP contribution is 2.16. The van der Waals surface area contributed by atoms with E-state index in [9.17, 15) is 9.59 Å². The van der Waals surface area contributed by atoms with Gasteiger partial charge in [0, 0.05) is 0 Å². The van der Waals surface area contributed by atoms with Gasteiger partial charge in [-0.1, -0.05) is 19.1 Å². The van der Waals surface area contributed by atoms with E-state index in [1.165, 1.54) is 11.7 Å². The summed E-state index contributed by atoms with van der Waals surface area (Å²) >= 11 is 0. The van der Waals surface area contributed by atoms with E-state index in [1.807, 2.05) is 31.2 Å². The van der Waals surface area contributed by atoms with Gasteiger partial charge in [0.15, 0.2) is 0 Å². The molecule has 1 aromatic heterocycles. The molecule has 1 aromatic carbocycles. The molecule has 0 aliphatic rings. The minimum absolute atomic E-state index is 0.140. The quantitative estimate of drug-likeness (QED) is 0.848. The fraction of sp³-hybridized carbons (Fsp3) is 0.400. The van der Waals surface area contributed by atoms with E-state index in [1.54, 1.807) is 6.92 Å². The summed E-state index contributed by atoms with van der Waals surface area (Å²) in [5, 5.41) is 6.29. The monoisotopic (exact) mass is 289 g/mol. The maximum atomic E-state index is 11.7. The number of H-pyrrole nitrogens is 1. The molecule has 1 N–H and O–H groups in total. The van der Waals surface area contributed by atoms with Crippen molar-refractivity contribution in [3.8, 4) is 5.69 Å². The summed E-state index contributed by atoms with van der Waals surface area (Å²) < 4.78 is 6.29. The summed E-state index contributed by atoms with van der Waals surface area (Å²) in [4.78, 5) is 23.3. The van der Waals surface area contributed by atoms with Gasteiger partial charge in [0.05, 0.1) is 18.7 Å². The zero-order valence-corrected chi connectivity index (χ0v) is 12.4. The molecule has 0 amide bonds. The number of aryl methyl sites for hydroxylation is 1. The van der Waals surface area contributed by atoms with Crippen LogP contribution >= 0.6 is 0 Å². The second-order valence-corrected chi connectivity index (χ2v) is 4.91. The molecular weight excluding hydrogens is 270 g/mol. The predicted molar refractivity (Wildman–Crippen MR) is 78.4 cm³/mol. The Labute approximate surface area is 122 Å². The molecule has 2 rings (SSSR count). The van der Waals surface area contributed by atoms with Crippen molar-refractivity contribution in [2.75, 3.05) is 7.11 Å². The minimum Gasteiger partial charge on any atom is -0.469 e. The number of nitrogens with one attached hydrogen (secondary N) is 1. The number of rotatable bonds is 5. The number of ether oxygens (including phenoxy) is 1. The Hall–Kier alpha value is -2.37. The van der Waals surface area contributed by atoms with Crippen molar-refractivity contribution in [3.05, 3.63) is 46.1 Å². The number of carbonyl (C=O) groups is 1.